The monoisotopic (exact) mass is 400 g/mol. The Balaban J connectivity index is 1.57. The fourth-order valence-corrected chi connectivity index (χ4v) is 2.82. The second-order valence-electron chi connectivity index (χ2n) is 7.03. The van der Waals surface area contributed by atoms with E-state index in [1.807, 2.05) is 68.4 Å². The van der Waals surface area contributed by atoms with E-state index in [4.69, 9.17) is 0 Å². The van der Waals surface area contributed by atoms with Gasteiger partial charge in [0.1, 0.15) is 0 Å². The third-order valence-corrected chi connectivity index (χ3v) is 4.58. The Labute approximate surface area is 176 Å². The van der Waals surface area contributed by atoms with Gasteiger partial charge in [-0.2, -0.15) is 5.10 Å². The first-order chi connectivity index (χ1) is 14.4. The molecule has 0 aromatic heterocycles. The Morgan fingerprint density at radius 3 is 2.17 bits per heavy atom. The highest BCUT2D eigenvalue weighted by Gasteiger charge is 2.09. The van der Waals surface area contributed by atoms with Gasteiger partial charge in [0.15, 0.2) is 0 Å². The summed E-state index contributed by atoms with van der Waals surface area (Å²) < 4.78 is 0. The Morgan fingerprint density at radius 2 is 1.53 bits per heavy atom. The van der Waals surface area contributed by atoms with Gasteiger partial charge >= 0.3 is 0 Å². The van der Waals surface area contributed by atoms with Gasteiger partial charge in [-0.15, -0.1) is 0 Å². The number of nitrogens with one attached hydrogen (secondary N) is 2. The van der Waals surface area contributed by atoms with E-state index < -0.39 is 0 Å². The van der Waals surface area contributed by atoms with Crippen LogP contribution < -0.4 is 15.6 Å². The van der Waals surface area contributed by atoms with E-state index >= 15 is 0 Å². The van der Waals surface area contributed by atoms with Gasteiger partial charge < -0.3 is 10.2 Å². The summed E-state index contributed by atoms with van der Waals surface area (Å²) in [6.45, 7) is 1.89. The molecule has 3 rings (SSSR count). The SMILES string of the molecule is Cc1ccccc1C(=O)Nc1ccc(C(=O)N/N=C/c2ccc(N(C)C)cc2)cc1. The predicted molar refractivity (Wildman–Crippen MR) is 121 cm³/mol. The molecule has 0 saturated heterocycles. The van der Waals surface area contributed by atoms with Gasteiger partial charge in [0.25, 0.3) is 11.8 Å². The van der Waals surface area contributed by atoms with E-state index in [2.05, 4.69) is 15.8 Å². The average Bonchev–Trinajstić information content (AvgIpc) is 2.74. The second kappa shape index (κ2) is 9.52. The van der Waals surface area contributed by atoms with Crippen LogP contribution in [-0.2, 0) is 0 Å². The van der Waals surface area contributed by atoms with Gasteiger partial charge in [0.2, 0.25) is 0 Å². The van der Waals surface area contributed by atoms with Crippen LogP contribution in [0.25, 0.3) is 0 Å². The summed E-state index contributed by atoms with van der Waals surface area (Å²) in [6, 6.07) is 21.9. The summed E-state index contributed by atoms with van der Waals surface area (Å²) in [5.41, 5.74) is 7.07. The molecule has 6 heteroatoms. The van der Waals surface area contributed by atoms with Gasteiger partial charge in [0.05, 0.1) is 6.21 Å². The first-order valence-corrected chi connectivity index (χ1v) is 9.52. The highest BCUT2D eigenvalue weighted by Crippen LogP contribution is 2.14. The maximum absolute atomic E-state index is 12.4. The number of rotatable bonds is 6. The van der Waals surface area contributed by atoms with E-state index in [-0.39, 0.29) is 11.8 Å². The third kappa shape index (κ3) is 5.32. The normalized spacial score (nSPS) is 10.6. The predicted octanol–water partition coefficient (Wildman–Crippen LogP) is 4.08. The maximum atomic E-state index is 12.4. The lowest BCUT2D eigenvalue weighted by molar-refractivity contribution is 0.0954. The summed E-state index contributed by atoms with van der Waals surface area (Å²) in [5, 5.41) is 6.84. The van der Waals surface area contributed by atoms with E-state index in [1.54, 1.807) is 36.5 Å². The lowest BCUT2D eigenvalue weighted by Gasteiger charge is -2.11. The van der Waals surface area contributed by atoms with Crippen LogP contribution in [0.3, 0.4) is 0 Å². The van der Waals surface area contributed by atoms with Crippen LogP contribution in [0.15, 0.2) is 77.9 Å². The van der Waals surface area contributed by atoms with Crippen LogP contribution in [0, 0.1) is 6.92 Å². The van der Waals surface area contributed by atoms with E-state index in [0.717, 1.165) is 16.8 Å². The van der Waals surface area contributed by atoms with E-state index in [9.17, 15) is 9.59 Å². The van der Waals surface area contributed by atoms with E-state index in [0.29, 0.717) is 16.8 Å². The van der Waals surface area contributed by atoms with Crippen molar-refractivity contribution in [1.82, 2.24) is 5.43 Å². The van der Waals surface area contributed by atoms with Gasteiger partial charge in [-0.1, -0.05) is 30.3 Å². The molecule has 0 radical (unpaired) electrons. The van der Waals surface area contributed by atoms with Crippen molar-refractivity contribution in [2.24, 2.45) is 5.10 Å². The number of benzene rings is 3. The van der Waals surface area contributed by atoms with Crippen molar-refractivity contribution in [2.75, 3.05) is 24.3 Å². The molecule has 3 aromatic rings. The first-order valence-electron chi connectivity index (χ1n) is 9.52. The lowest BCUT2D eigenvalue weighted by atomic mass is 10.1. The molecule has 6 nitrogen and oxygen atoms in total. The van der Waals surface area contributed by atoms with Gasteiger partial charge in [0, 0.05) is 36.6 Å². The van der Waals surface area contributed by atoms with Crippen molar-refractivity contribution in [3.05, 3.63) is 95.1 Å². The summed E-state index contributed by atoms with van der Waals surface area (Å²) in [5.74, 6) is -0.511. The molecule has 0 heterocycles. The number of hydrogen-bond acceptors (Lipinski definition) is 4. The van der Waals surface area contributed by atoms with Gasteiger partial charge in [-0.05, 0) is 60.5 Å². The quantitative estimate of drug-likeness (QED) is 0.484. The standard InChI is InChI=1S/C24H24N4O2/c1-17-6-4-5-7-22(17)24(30)26-20-12-10-19(11-13-20)23(29)27-25-16-18-8-14-21(15-9-18)28(2)3/h4-16H,1-3H3,(H,26,30)(H,27,29)/b25-16+. The van der Waals surface area contributed by atoms with E-state index in [1.165, 1.54) is 0 Å². The molecule has 3 aromatic carbocycles. The number of amides is 2. The topological polar surface area (TPSA) is 73.8 Å². The minimum Gasteiger partial charge on any atom is -0.378 e. The fourth-order valence-electron chi connectivity index (χ4n) is 2.82. The highest BCUT2D eigenvalue weighted by molar-refractivity contribution is 6.05. The Kier molecular flexibility index (Phi) is 6.60. The smallest absolute Gasteiger partial charge is 0.271 e. The summed E-state index contributed by atoms with van der Waals surface area (Å²) in [7, 11) is 3.95. The molecule has 0 aliphatic carbocycles. The average molecular weight is 400 g/mol. The number of hydrazone groups is 1. The van der Waals surface area contributed by atoms with Crippen molar-refractivity contribution in [2.45, 2.75) is 6.92 Å². The largest absolute Gasteiger partial charge is 0.378 e. The lowest BCUT2D eigenvalue weighted by Crippen LogP contribution is -2.18. The zero-order chi connectivity index (χ0) is 21.5. The summed E-state index contributed by atoms with van der Waals surface area (Å²) >= 11 is 0. The third-order valence-electron chi connectivity index (χ3n) is 4.58. The maximum Gasteiger partial charge on any atom is 0.271 e. The van der Waals surface area contributed by atoms with Crippen LogP contribution in [0.4, 0.5) is 11.4 Å². The number of carbonyl (C=O) groups excluding carboxylic acids is 2. The molecule has 0 bridgehead atoms. The van der Waals surface area contributed by atoms with Crippen molar-refractivity contribution in [3.8, 4) is 0 Å². The number of aryl methyl sites for hydroxylation is 1. The van der Waals surface area contributed by atoms with Gasteiger partial charge in [-0.25, -0.2) is 5.43 Å². The van der Waals surface area contributed by atoms with Crippen LogP contribution in [-0.4, -0.2) is 32.1 Å². The minimum atomic E-state index is -0.326. The molecule has 30 heavy (non-hydrogen) atoms. The van der Waals surface area contributed by atoms with Crippen LogP contribution in [0.1, 0.15) is 31.8 Å². The number of carbonyl (C=O) groups is 2. The number of anilines is 2. The molecule has 0 aliphatic rings. The highest BCUT2D eigenvalue weighted by atomic mass is 16.2. The molecule has 0 aliphatic heterocycles. The van der Waals surface area contributed by atoms with Crippen molar-refractivity contribution in [1.29, 1.82) is 0 Å². The summed E-state index contributed by atoms with van der Waals surface area (Å²) in [6.07, 6.45) is 1.59. The molecular formula is C24H24N4O2. The molecule has 0 saturated carbocycles. The van der Waals surface area contributed by atoms with Crippen molar-refractivity contribution >= 4 is 29.4 Å². The number of hydrogen-bond donors (Lipinski definition) is 2. The molecule has 0 unspecified atom stereocenters. The Bertz CT molecular complexity index is 1060. The second-order valence-corrected chi connectivity index (χ2v) is 7.03. The molecule has 2 amide bonds. The van der Waals surface area contributed by atoms with Crippen LogP contribution in [0.2, 0.25) is 0 Å². The molecular weight excluding hydrogens is 376 g/mol. The van der Waals surface area contributed by atoms with Crippen molar-refractivity contribution < 1.29 is 9.59 Å². The molecule has 0 atom stereocenters. The molecule has 0 spiro atoms. The van der Waals surface area contributed by atoms with Gasteiger partial charge in [-0.3, -0.25) is 9.59 Å². The molecule has 2 N–H and O–H groups in total. The Morgan fingerprint density at radius 1 is 0.867 bits per heavy atom. The number of nitrogens with zero attached hydrogens (tertiary/aromatic N) is 2. The summed E-state index contributed by atoms with van der Waals surface area (Å²) in [4.78, 5) is 26.6. The Hall–Kier alpha value is -3.93. The zero-order valence-corrected chi connectivity index (χ0v) is 17.2. The minimum absolute atomic E-state index is 0.185. The first kappa shape index (κ1) is 20.8. The molecule has 0 fully saturated rings. The fraction of sp³-hybridized carbons (Fsp3) is 0.125. The van der Waals surface area contributed by atoms with Crippen molar-refractivity contribution in [3.63, 3.8) is 0 Å². The molecule has 152 valence electrons. The van der Waals surface area contributed by atoms with Crippen LogP contribution in [0.5, 0.6) is 0 Å². The zero-order valence-electron chi connectivity index (χ0n) is 17.2. The van der Waals surface area contributed by atoms with Crippen LogP contribution >= 0.6 is 0 Å².